The number of benzene rings is 1. The molecular weight excluding hydrogens is 294 g/mol. The van der Waals surface area contributed by atoms with Gasteiger partial charge in [-0.1, -0.05) is 23.7 Å². The molecule has 2 aromatic rings. The minimum atomic E-state index is -0.405. The normalized spacial score (nSPS) is 10.2. The monoisotopic (exact) mass is 307 g/mol. The van der Waals surface area contributed by atoms with Crippen molar-refractivity contribution in [3.05, 3.63) is 47.2 Å². The van der Waals surface area contributed by atoms with Crippen molar-refractivity contribution in [3.63, 3.8) is 0 Å². The fraction of sp³-hybridized carbons (Fsp3) is 0.214. The topological polar surface area (TPSA) is 73.2 Å². The fourth-order valence-electron chi connectivity index (χ4n) is 1.70. The summed E-state index contributed by atoms with van der Waals surface area (Å²) in [5.41, 5.74) is 1.39. The molecule has 1 aromatic carbocycles. The fourth-order valence-corrected chi connectivity index (χ4v) is 1.83. The number of nitrogens with one attached hydrogen (secondary N) is 1. The van der Waals surface area contributed by atoms with Crippen LogP contribution >= 0.6 is 11.6 Å². The molecule has 0 fully saturated rings. The number of aromatic nitrogens is 2. The Kier molecular flexibility index (Phi) is 4.94. The summed E-state index contributed by atoms with van der Waals surface area (Å²) in [7, 11) is 1.31. The Morgan fingerprint density at radius 2 is 2.05 bits per heavy atom. The third-order valence-electron chi connectivity index (χ3n) is 2.71. The highest BCUT2D eigenvalue weighted by Crippen LogP contribution is 2.11. The lowest BCUT2D eigenvalue weighted by molar-refractivity contribution is -0.141. The van der Waals surface area contributed by atoms with Gasteiger partial charge >= 0.3 is 5.97 Å². The number of esters is 1. The zero-order chi connectivity index (χ0) is 15.2. The van der Waals surface area contributed by atoms with Crippen molar-refractivity contribution in [1.82, 2.24) is 9.78 Å². The molecule has 0 aliphatic carbocycles. The van der Waals surface area contributed by atoms with Crippen LogP contribution in [0.2, 0.25) is 5.02 Å². The van der Waals surface area contributed by atoms with Crippen LogP contribution in [0.15, 0.2) is 36.7 Å². The third-order valence-corrected chi connectivity index (χ3v) is 2.97. The molecule has 1 amide bonds. The maximum atomic E-state index is 11.9. The molecule has 0 saturated heterocycles. The Morgan fingerprint density at radius 3 is 2.71 bits per heavy atom. The van der Waals surface area contributed by atoms with Crippen LogP contribution in [0.25, 0.3) is 0 Å². The van der Waals surface area contributed by atoms with E-state index in [0.29, 0.717) is 10.7 Å². The number of nitrogens with zero attached hydrogens (tertiary/aromatic N) is 2. The molecule has 0 aliphatic heterocycles. The molecule has 1 N–H and O–H groups in total. The molecule has 6 nitrogen and oxygen atoms in total. The molecular formula is C14H14ClN3O3. The molecule has 7 heteroatoms. The van der Waals surface area contributed by atoms with Gasteiger partial charge in [0.1, 0.15) is 6.54 Å². The molecule has 0 bridgehead atoms. The molecule has 21 heavy (non-hydrogen) atoms. The van der Waals surface area contributed by atoms with Gasteiger partial charge in [0.25, 0.3) is 0 Å². The first-order chi connectivity index (χ1) is 10.1. The maximum Gasteiger partial charge on any atom is 0.327 e. The molecule has 0 saturated carbocycles. The van der Waals surface area contributed by atoms with Crippen LogP contribution in [0.3, 0.4) is 0 Å². The second-order valence-corrected chi connectivity index (χ2v) is 4.79. The second-order valence-electron chi connectivity index (χ2n) is 4.35. The lowest BCUT2D eigenvalue weighted by atomic mass is 10.1. The predicted molar refractivity (Wildman–Crippen MR) is 78.0 cm³/mol. The van der Waals surface area contributed by atoms with Crippen molar-refractivity contribution in [1.29, 1.82) is 0 Å². The van der Waals surface area contributed by atoms with Crippen molar-refractivity contribution >= 4 is 29.2 Å². The average Bonchev–Trinajstić information content (AvgIpc) is 2.88. The average molecular weight is 308 g/mol. The summed E-state index contributed by atoms with van der Waals surface area (Å²) in [6.07, 6.45) is 3.28. The van der Waals surface area contributed by atoms with Crippen LogP contribution < -0.4 is 5.32 Å². The standard InChI is InChI=1S/C14H14ClN3O3/c1-21-14(20)9-18-8-12(7-16-18)17-13(19)6-10-2-4-11(15)5-3-10/h2-5,7-8H,6,9H2,1H3,(H,17,19). The number of hydrogen-bond acceptors (Lipinski definition) is 4. The van der Waals surface area contributed by atoms with E-state index < -0.39 is 5.97 Å². The predicted octanol–water partition coefficient (Wildman–Crippen LogP) is 1.89. The molecule has 0 spiro atoms. The number of amides is 1. The van der Waals surface area contributed by atoms with Crippen LogP contribution in [0.5, 0.6) is 0 Å². The molecule has 0 radical (unpaired) electrons. The summed E-state index contributed by atoms with van der Waals surface area (Å²) in [5.74, 6) is -0.577. The summed E-state index contributed by atoms with van der Waals surface area (Å²) >= 11 is 5.78. The quantitative estimate of drug-likeness (QED) is 0.856. The second kappa shape index (κ2) is 6.90. The van der Waals surface area contributed by atoms with Gasteiger partial charge in [-0.2, -0.15) is 5.10 Å². The van der Waals surface area contributed by atoms with E-state index in [1.54, 1.807) is 30.5 Å². The number of hydrogen-bond donors (Lipinski definition) is 1. The number of rotatable bonds is 5. The summed E-state index contributed by atoms with van der Waals surface area (Å²) in [6, 6.07) is 7.06. The van der Waals surface area contributed by atoms with E-state index in [-0.39, 0.29) is 18.9 Å². The van der Waals surface area contributed by atoms with Crippen molar-refractivity contribution in [2.45, 2.75) is 13.0 Å². The van der Waals surface area contributed by atoms with E-state index in [1.807, 2.05) is 0 Å². The summed E-state index contributed by atoms with van der Waals surface area (Å²) in [6.45, 7) is 0.00353. The molecule has 110 valence electrons. The number of carbonyl (C=O) groups is 2. The van der Waals surface area contributed by atoms with Crippen molar-refractivity contribution < 1.29 is 14.3 Å². The number of carbonyl (C=O) groups excluding carboxylic acids is 2. The number of halogens is 1. The Balaban J connectivity index is 1.90. The first-order valence-electron chi connectivity index (χ1n) is 6.20. The van der Waals surface area contributed by atoms with Gasteiger partial charge in [-0.3, -0.25) is 14.3 Å². The molecule has 1 aromatic heterocycles. The van der Waals surface area contributed by atoms with Crippen molar-refractivity contribution in [3.8, 4) is 0 Å². The van der Waals surface area contributed by atoms with E-state index in [9.17, 15) is 9.59 Å². The summed E-state index contributed by atoms with van der Waals surface area (Å²) < 4.78 is 5.93. The first-order valence-corrected chi connectivity index (χ1v) is 6.58. The van der Waals surface area contributed by atoms with Gasteiger partial charge in [-0.15, -0.1) is 0 Å². The van der Waals surface area contributed by atoms with Gasteiger partial charge in [0.2, 0.25) is 5.91 Å². The Hall–Kier alpha value is -2.34. The Morgan fingerprint density at radius 1 is 1.33 bits per heavy atom. The van der Waals surface area contributed by atoms with Gasteiger partial charge < -0.3 is 10.1 Å². The first kappa shape index (κ1) is 15.1. The Bertz CT molecular complexity index is 637. The molecule has 0 atom stereocenters. The maximum absolute atomic E-state index is 11.9. The lowest BCUT2D eigenvalue weighted by Gasteiger charge is -2.03. The van der Waals surface area contributed by atoms with Crippen LogP contribution in [0.4, 0.5) is 5.69 Å². The molecule has 1 heterocycles. The summed E-state index contributed by atoms with van der Waals surface area (Å²) in [5, 5.41) is 7.30. The minimum Gasteiger partial charge on any atom is -0.468 e. The van der Waals surface area contributed by atoms with E-state index in [1.165, 1.54) is 18.0 Å². The third kappa shape index (κ3) is 4.61. The number of ether oxygens (including phenoxy) is 1. The van der Waals surface area contributed by atoms with Crippen LogP contribution in [-0.2, 0) is 27.3 Å². The van der Waals surface area contributed by atoms with E-state index in [0.717, 1.165) is 5.56 Å². The van der Waals surface area contributed by atoms with Gasteiger partial charge in [0.15, 0.2) is 0 Å². The van der Waals surface area contributed by atoms with E-state index in [2.05, 4.69) is 15.2 Å². The van der Waals surface area contributed by atoms with Gasteiger partial charge in [-0.05, 0) is 17.7 Å². The lowest BCUT2D eigenvalue weighted by Crippen LogP contribution is -2.14. The molecule has 2 rings (SSSR count). The minimum absolute atomic E-state index is 0.00353. The highest BCUT2D eigenvalue weighted by Gasteiger charge is 2.08. The summed E-state index contributed by atoms with van der Waals surface area (Å²) in [4.78, 5) is 23.0. The molecule has 0 unspecified atom stereocenters. The van der Waals surface area contributed by atoms with Crippen molar-refractivity contribution in [2.24, 2.45) is 0 Å². The number of methoxy groups -OCH3 is 1. The van der Waals surface area contributed by atoms with Gasteiger partial charge in [0, 0.05) is 11.2 Å². The Labute approximate surface area is 126 Å². The van der Waals surface area contributed by atoms with Gasteiger partial charge in [0.05, 0.1) is 25.4 Å². The largest absolute Gasteiger partial charge is 0.468 e. The zero-order valence-electron chi connectivity index (χ0n) is 11.4. The highest BCUT2D eigenvalue weighted by molar-refractivity contribution is 6.30. The highest BCUT2D eigenvalue weighted by atomic mass is 35.5. The van der Waals surface area contributed by atoms with E-state index in [4.69, 9.17) is 11.6 Å². The number of anilines is 1. The smallest absolute Gasteiger partial charge is 0.327 e. The van der Waals surface area contributed by atoms with Crippen LogP contribution in [0.1, 0.15) is 5.56 Å². The van der Waals surface area contributed by atoms with E-state index >= 15 is 0 Å². The van der Waals surface area contributed by atoms with Crippen LogP contribution in [-0.4, -0.2) is 28.8 Å². The zero-order valence-corrected chi connectivity index (χ0v) is 12.1. The molecule has 0 aliphatic rings. The van der Waals surface area contributed by atoms with Crippen LogP contribution in [0, 0.1) is 0 Å². The van der Waals surface area contributed by atoms with Gasteiger partial charge in [-0.25, -0.2) is 0 Å². The SMILES string of the molecule is COC(=O)Cn1cc(NC(=O)Cc2ccc(Cl)cc2)cn1. The van der Waals surface area contributed by atoms with Crippen molar-refractivity contribution in [2.75, 3.05) is 12.4 Å².